The van der Waals surface area contributed by atoms with Gasteiger partial charge in [-0.15, -0.1) is 0 Å². The molecular weight excluding hydrogens is 330 g/mol. The Labute approximate surface area is 155 Å². The first-order valence-corrected chi connectivity index (χ1v) is 9.33. The van der Waals surface area contributed by atoms with Crippen molar-refractivity contribution in [3.8, 4) is 0 Å². The zero-order valence-electron chi connectivity index (χ0n) is 15.9. The largest absolute Gasteiger partial charge is 0.379 e. The Kier molecular flexibility index (Phi) is 5.08. The minimum atomic E-state index is -1.43. The van der Waals surface area contributed by atoms with E-state index in [0.717, 1.165) is 17.5 Å². The van der Waals surface area contributed by atoms with Crippen molar-refractivity contribution in [2.45, 2.75) is 51.3 Å². The van der Waals surface area contributed by atoms with E-state index in [9.17, 15) is 14.7 Å². The summed E-state index contributed by atoms with van der Waals surface area (Å²) in [5.41, 5.74) is 0.0629. The number of hydrogen-bond donors (Lipinski definition) is 2. The molecule has 1 atom stereocenters. The molecule has 0 unspecified atom stereocenters. The standard InChI is InChI=1S/C20H29N3O3/c1-15-6-4-7-16(12-15)13-22-10-5-8-20(26,18(22)25)14-23-11-9-21-17(24)19(23,2)3/h4,6-7,12,26H,5,8-11,13-14H2,1-3H3,(H,21,24)/t20-/m1/s1. The number of carbonyl (C=O) groups is 2. The van der Waals surface area contributed by atoms with Crippen LogP contribution in [0.2, 0.25) is 0 Å². The fraction of sp³-hybridized carbons (Fsp3) is 0.600. The number of hydrogen-bond acceptors (Lipinski definition) is 4. The fourth-order valence-corrected chi connectivity index (χ4v) is 3.93. The molecule has 2 aliphatic rings. The highest BCUT2D eigenvalue weighted by Crippen LogP contribution is 2.29. The number of carbonyl (C=O) groups excluding carboxylic acids is 2. The minimum absolute atomic E-state index is 0.0628. The quantitative estimate of drug-likeness (QED) is 0.843. The number of rotatable bonds is 4. The highest BCUT2D eigenvalue weighted by Gasteiger charge is 2.47. The SMILES string of the molecule is Cc1cccc(CN2CCC[C@@](O)(CN3CCNC(=O)C3(C)C)C2=O)c1. The molecule has 2 aliphatic heterocycles. The molecule has 2 heterocycles. The summed E-state index contributed by atoms with van der Waals surface area (Å²) < 4.78 is 0. The van der Waals surface area contributed by atoms with Gasteiger partial charge < -0.3 is 15.3 Å². The first-order valence-electron chi connectivity index (χ1n) is 9.33. The first-order chi connectivity index (χ1) is 12.2. The number of aryl methyl sites for hydroxylation is 1. The average Bonchev–Trinajstić information content (AvgIpc) is 2.57. The molecule has 6 heteroatoms. The van der Waals surface area contributed by atoms with Gasteiger partial charge in [0.15, 0.2) is 5.60 Å². The molecule has 0 radical (unpaired) electrons. The lowest BCUT2D eigenvalue weighted by molar-refractivity contribution is -0.164. The van der Waals surface area contributed by atoms with Crippen LogP contribution in [0.3, 0.4) is 0 Å². The monoisotopic (exact) mass is 359 g/mol. The number of likely N-dealkylation sites (tertiary alicyclic amines) is 1. The van der Waals surface area contributed by atoms with Gasteiger partial charge in [0.25, 0.3) is 5.91 Å². The summed E-state index contributed by atoms with van der Waals surface area (Å²) >= 11 is 0. The third-order valence-electron chi connectivity index (χ3n) is 5.63. The van der Waals surface area contributed by atoms with Gasteiger partial charge in [-0.25, -0.2) is 0 Å². The maximum Gasteiger partial charge on any atom is 0.256 e. The number of nitrogens with one attached hydrogen (secondary N) is 1. The molecule has 2 amide bonds. The Bertz CT molecular complexity index is 703. The van der Waals surface area contributed by atoms with Crippen molar-refractivity contribution < 1.29 is 14.7 Å². The van der Waals surface area contributed by atoms with Crippen molar-refractivity contribution in [3.05, 3.63) is 35.4 Å². The van der Waals surface area contributed by atoms with Crippen LogP contribution in [0.5, 0.6) is 0 Å². The van der Waals surface area contributed by atoms with Crippen molar-refractivity contribution in [1.82, 2.24) is 15.1 Å². The lowest BCUT2D eigenvalue weighted by Gasteiger charge is -2.46. The van der Waals surface area contributed by atoms with Gasteiger partial charge in [0, 0.05) is 32.7 Å². The Morgan fingerprint density at radius 2 is 2.00 bits per heavy atom. The number of amides is 2. The van der Waals surface area contributed by atoms with Crippen LogP contribution < -0.4 is 5.32 Å². The van der Waals surface area contributed by atoms with Gasteiger partial charge in [0.1, 0.15) is 0 Å². The molecule has 142 valence electrons. The second-order valence-corrected chi connectivity index (χ2v) is 8.09. The molecule has 2 saturated heterocycles. The zero-order valence-corrected chi connectivity index (χ0v) is 15.9. The van der Waals surface area contributed by atoms with Gasteiger partial charge >= 0.3 is 0 Å². The van der Waals surface area contributed by atoms with E-state index in [1.54, 1.807) is 4.90 Å². The summed E-state index contributed by atoms with van der Waals surface area (Å²) in [6.07, 6.45) is 1.19. The molecule has 26 heavy (non-hydrogen) atoms. The topological polar surface area (TPSA) is 72.9 Å². The average molecular weight is 359 g/mol. The Balaban J connectivity index is 1.74. The van der Waals surface area contributed by atoms with Crippen LogP contribution in [-0.2, 0) is 16.1 Å². The van der Waals surface area contributed by atoms with Crippen LogP contribution in [-0.4, -0.2) is 64.0 Å². The Morgan fingerprint density at radius 3 is 2.73 bits per heavy atom. The molecule has 3 rings (SSSR count). The highest BCUT2D eigenvalue weighted by molar-refractivity contribution is 5.88. The third kappa shape index (κ3) is 3.62. The summed E-state index contributed by atoms with van der Waals surface area (Å²) in [6.45, 7) is 8.22. The normalized spacial score (nSPS) is 26.7. The molecule has 0 bridgehead atoms. The van der Waals surface area contributed by atoms with Crippen molar-refractivity contribution in [1.29, 1.82) is 0 Å². The van der Waals surface area contributed by atoms with Gasteiger partial charge in [0.05, 0.1) is 5.54 Å². The maximum atomic E-state index is 13.1. The van der Waals surface area contributed by atoms with Gasteiger partial charge in [-0.2, -0.15) is 0 Å². The number of aliphatic hydroxyl groups is 1. The van der Waals surface area contributed by atoms with Crippen LogP contribution in [0.4, 0.5) is 0 Å². The molecule has 0 aromatic heterocycles. The van der Waals surface area contributed by atoms with Crippen molar-refractivity contribution in [2.24, 2.45) is 0 Å². The van der Waals surface area contributed by atoms with E-state index < -0.39 is 11.1 Å². The number of piperidine rings is 1. The predicted molar refractivity (Wildman–Crippen MR) is 99.4 cm³/mol. The van der Waals surface area contributed by atoms with E-state index in [0.29, 0.717) is 32.6 Å². The van der Waals surface area contributed by atoms with Gasteiger partial charge in [0.2, 0.25) is 5.91 Å². The Morgan fingerprint density at radius 1 is 1.23 bits per heavy atom. The second kappa shape index (κ2) is 7.00. The molecule has 1 aromatic rings. The molecule has 0 spiro atoms. The Hall–Kier alpha value is -1.92. The molecular formula is C20H29N3O3. The van der Waals surface area contributed by atoms with Crippen LogP contribution in [0.25, 0.3) is 0 Å². The molecule has 1 aromatic carbocycles. The molecule has 0 aliphatic carbocycles. The van der Waals surface area contributed by atoms with E-state index >= 15 is 0 Å². The van der Waals surface area contributed by atoms with Gasteiger partial charge in [-0.1, -0.05) is 29.8 Å². The first kappa shape index (κ1) is 18.9. The van der Waals surface area contributed by atoms with Crippen molar-refractivity contribution >= 4 is 11.8 Å². The number of benzene rings is 1. The number of β-amino-alcohol motifs (C(OH)–C–C–N with tert-alkyl or cyclic N) is 1. The lowest BCUT2D eigenvalue weighted by Crippen LogP contribution is -2.67. The third-order valence-corrected chi connectivity index (χ3v) is 5.63. The minimum Gasteiger partial charge on any atom is -0.379 e. The van der Waals surface area contributed by atoms with E-state index in [-0.39, 0.29) is 18.4 Å². The zero-order chi connectivity index (χ0) is 18.9. The predicted octanol–water partition coefficient (Wildman–Crippen LogP) is 1.06. The lowest BCUT2D eigenvalue weighted by atomic mass is 9.88. The van der Waals surface area contributed by atoms with E-state index in [4.69, 9.17) is 0 Å². The van der Waals surface area contributed by atoms with E-state index in [1.807, 2.05) is 43.9 Å². The molecule has 2 N–H and O–H groups in total. The smallest absolute Gasteiger partial charge is 0.256 e. The van der Waals surface area contributed by atoms with E-state index in [1.165, 1.54) is 0 Å². The van der Waals surface area contributed by atoms with Crippen LogP contribution in [0, 0.1) is 6.92 Å². The van der Waals surface area contributed by atoms with Gasteiger partial charge in [-0.3, -0.25) is 14.5 Å². The van der Waals surface area contributed by atoms with Gasteiger partial charge in [-0.05, 0) is 39.2 Å². The van der Waals surface area contributed by atoms with Crippen LogP contribution >= 0.6 is 0 Å². The van der Waals surface area contributed by atoms with Crippen molar-refractivity contribution in [3.63, 3.8) is 0 Å². The highest BCUT2D eigenvalue weighted by atomic mass is 16.3. The molecule has 0 saturated carbocycles. The second-order valence-electron chi connectivity index (χ2n) is 8.09. The maximum absolute atomic E-state index is 13.1. The van der Waals surface area contributed by atoms with Crippen LogP contribution in [0.15, 0.2) is 24.3 Å². The summed E-state index contributed by atoms with van der Waals surface area (Å²) in [5, 5.41) is 14.0. The number of piperazine rings is 1. The van der Waals surface area contributed by atoms with Crippen molar-refractivity contribution in [2.75, 3.05) is 26.2 Å². The number of nitrogens with zero attached hydrogens (tertiary/aromatic N) is 2. The molecule has 6 nitrogen and oxygen atoms in total. The molecule has 2 fully saturated rings. The summed E-state index contributed by atoms with van der Waals surface area (Å²) in [6, 6.07) is 8.09. The summed E-state index contributed by atoms with van der Waals surface area (Å²) in [4.78, 5) is 28.9. The summed E-state index contributed by atoms with van der Waals surface area (Å²) in [5.74, 6) is -0.292. The van der Waals surface area contributed by atoms with E-state index in [2.05, 4.69) is 11.4 Å². The summed E-state index contributed by atoms with van der Waals surface area (Å²) in [7, 11) is 0. The fourth-order valence-electron chi connectivity index (χ4n) is 3.93. The van der Waals surface area contributed by atoms with Crippen LogP contribution in [0.1, 0.15) is 37.8 Å².